The van der Waals surface area contributed by atoms with Crippen molar-refractivity contribution < 1.29 is 0 Å². The van der Waals surface area contributed by atoms with Gasteiger partial charge in [0.2, 0.25) is 0 Å². The summed E-state index contributed by atoms with van der Waals surface area (Å²) < 4.78 is 4.10. The Morgan fingerprint density at radius 1 is 1.08 bits per heavy atom. The van der Waals surface area contributed by atoms with Gasteiger partial charge in [0.25, 0.3) is 0 Å². The zero-order valence-electron chi connectivity index (χ0n) is 15.8. The summed E-state index contributed by atoms with van der Waals surface area (Å²) in [6.07, 6.45) is 7.95. The third kappa shape index (κ3) is 3.49. The van der Waals surface area contributed by atoms with E-state index in [1.165, 1.54) is 0 Å². The summed E-state index contributed by atoms with van der Waals surface area (Å²) in [5.74, 6) is 1.44. The van der Waals surface area contributed by atoms with Crippen LogP contribution in [0.15, 0.2) is 30.9 Å². The SMILES string of the molecule is CC(C)(C)c1ccc2nnc(C3CCN(CCn4ccnc4)CC3)n2n1. The molecule has 0 radical (unpaired) electrons. The molecule has 3 aromatic rings. The van der Waals surface area contributed by atoms with E-state index < -0.39 is 0 Å². The van der Waals surface area contributed by atoms with Crippen LogP contribution in [-0.2, 0) is 12.0 Å². The van der Waals surface area contributed by atoms with Crippen LogP contribution in [0, 0.1) is 0 Å². The van der Waals surface area contributed by atoms with E-state index in [2.05, 4.69) is 51.5 Å². The normalized spacial score (nSPS) is 17.2. The Balaban J connectivity index is 1.44. The minimum Gasteiger partial charge on any atom is -0.336 e. The predicted molar refractivity (Wildman–Crippen MR) is 100 cm³/mol. The average Bonchev–Trinajstić information content (AvgIpc) is 3.29. The van der Waals surface area contributed by atoms with Gasteiger partial charge in [0, 0.05) is 36.8 Å². The van der Waals surface area contributed by atoms with Gasteiger partial charge in [-0.1, -0.05) is 20.8 Å². The first-order valence-corrected chi connectivity index (χ1v) is 9.41. The van der Waals surface area contributed by atoms with Gasteiger partial charge in [-0.2, -0.15) is 9.61 Å². The van der Waals surface area contributed by atoms with Gasteiger partial charge in [0.1, 0.15) is 0 Å². The van der Waals surface area contributed by atoms with E-state index >= 15 is 0 Å². The maximum atomic E-state index is 4.84. The summed E-state index contributed by atoms with van der Waals surface area (Å²) in [4.78, 5) is 6.63. The average molecular weight is 353 g/mol. The van der Waals surface area contributed by atoms with Crippen LogP contribution in [0.4, 0.5) is 0 Å². The van der Waals surface area contributed by atoms with E-state index in [9.17, 15) is 0 Å². The molecule has 0 spiro atoms. The van der Waals surface area contributed by atoms with Crippen molar-refractivity contribution in [2.24, 2.45) is 0 Å². The molecule has 0 aliphatic carbocycles. The van der Waals surface area contributed by atoms with Crippen LogP contribution in [-0.4, -0.2) is 53.9 Å². The fourth-order valence-corrected chi connectivity index (χ4v) is 3.55. The first-order valence-electron chi connectivity index (χ1n) is 9.41. The van der Waals surface area contributed by atoms with E-state index in [1.807, 2.05) is 29.3 Å². The molecule has 1 fully saturated rings. The van der Waals surface area contributed by atoms with Crippen LogP contribution in [0.2, 0.25) is 0 Å². The van der Waals surface area contributed by atoms with Crippen molar-refractivity contribution in [3.63, 3.8) is 0 Å². The molecule has 1 aliphatic rings. The summed E-state index contributed by atoms with van der Waals surface area (Å²) in [6.45, 7) is 10.8. The molecule has 4 heterocycles. The van der Waals surface area contributed by atoms with Gasteiger partial charge in [-0.25, -0.2) is 4.98 Å². The number of piperidine rings is 1. The molecule has 0 bridgehead atoms. The molecule has 7 nitrogen and oxygen atoms in total. The van der Waals surface area contributed by atoms with Gasteiger partial charge in [-0.3, -0.25) is 0 Å². The first-order chi connectivity index (χ1) is 12.5. The molecule has 0 amide bonds. The highest BCUT2D eigenvalue weighted by Gasteiger charge is 2.26. The number of aromatic nitrogens is 6. The van der Waals surface area contributed by atoms with E-state index in [0.29, 0.717) is 5.92 Å². The van der Waals surface area contributed by atoms with Crippen molar-refractivity contribution >= 4 is 5.65 Å². The molecule has 4 rings (SSSR count). The molecule has 26 heavy (non-hydrogen) atoms. The highest BCUT2D eigenvalue weighted by molar-refractivity contribution is 5.37. The van der Waals surface area contributed by atoms with Crippen LogP contribution in [0.5, 0.6) is 0 Å². The second-order valence-electron chi connectivity index (χ2n) is 8.21. The van der Waals surface area contributed by atoms with Gasteiger partial charge >= 0.3 is 0 Å². The molecule has 3 aromatic heterocycles. The Labute approximate surface area is 154 Å². The van der Waals surface area contributed by atoms with Gasteiger partial charge in [-0.05, 0) is 38.1 Å². The fourth-order valence-electron chi connectivity index (χ4n) is 3.55. The largest absolute Gasteiger partial charge is 0.336 e. The molecule has 1 aliphatic heterocycles. The molecular weight excluding hydrogens is 326 g/mol. The second kappa shape index (κ2) is 6.79. The van der Waals surface area contributed by atoms with Crippen molar-refractivity contribution in [3.8, 4) is 0 Å². The lowest BCUT2D eigenvalue weighted by molar-refractivity contribution is 0.201. The number of hydrogen-bond donors (Lipinski definition) is 0. The third-order valence-electron chi connectivity index (χ3n) is 5.24. The Morgan fingerprint density at radius 3 is 2.58 bits per heavy atom. The molecule has 0 unspecified atom stereocenters. The lowest BCUT2D eigenvalue weighted by Gasteiger charge is -2.31. The van der Waals surface area contributed by atoms with Crippen LogP contribution in [0.1, 0.15) is 51.0 Å². The predicted octanol–water partition coefficient (Wildman–Crippen LogP) is 2.50. The van der Waals surface area contributed by atoms with Gasteiger partial charge in [0.05, 0.1) is 12.0 Å². The summed E-state index contributed by atoms with van der Waals surface area (Å²) >= 11 is 0. The van der Waals surface area contributed by atoms with Crippen LogP contribution in [0.25, 0.3) is 5.65 Å². The molecule has 1 saturated heterocycles. The number of likely N-dealkylation sites (tertiary alicyclic amines) is 1. The van der Waals surface area contributed by atoms with Gasteiger partial charge in [-0.15, -0.1) is 10.2 Å². The summed E-state index contributed by atoms with van der Waals surface area (Å²) in [5.41, 5.74) is 1.94. The molecular formula is C19H27N7. The quantitative estimate of drug-likeness (QED) is 0.721. The van der Waals surface area contributed by atoms with E-state index in [4.69, 9.17) is 5.10 Å². The number of fused-ring (bicyclic) bond motifs is 1. The Hall–Kier alpha value is -2.28. The zero-order valence-corrected chi connectivity index (χ0v) is 15.8. The van der Waals surface area contributed by atoms with Crippen molar-refractivity contribution in [3.05, 3.63) is 42.4 Å². The molecule has 0 N–H and O–H groups in total. The topological polar surface area (TPSA) is 64.1 Å². The first kappa shape index (κ1) is 17.1. The standard InChI is InChI=1S/C19H27N7/c1-19(2,3)16-4-5-17-21-22-18(26(17)23-16)15-6-9-24(10-7-15)12-13-25-11-8-20-14-25/h4-5,8,11,14-15H,6-7,9-10,12-13H2,1-3H3. The van der Waals surface area contributed by atoms with Gasteiger partial charge < -0.3 is 9.47 Å². The molecule has 0 saturated carbocycles. The van der Waals surface area contributed by atoms with Crippen molar-refractivity contribution in [1.82, 2.24) is 34.3 Å². The summed E-state index contributed by atoms with van der Waals surface area (Å²) in [7, 11) is 0. The number of hydrogen-bond acceptors (Lipinski definition) is 5. The fraction of sp³-hybridized carbons (Fsp3) is 0.579. The van der Waals surface area contributed by atoms with Crippen LogP contribution >= 0.6 is 0 Å². The maximum Gasteiger partial charge on any atom is 0.177 e. The van der Waals surface area contributed by atoms with Gasteiger partial charge in [0.15, 0.2) is 11.5 Å². The number of imidazole rings is 1. The van der Waals surface area contributed by atoms with Crippen molar-refractivity contribution in [2.75, 3.05) is 19.6 Å². The van der Waals surface area contributed by atoms with E-state index in [1.54, 1.807) is 0 Å². The summed E-state index contributed by atoms with van der Waals surface area (Å²) in [5, 5.41) is 13.6. The minimum atomic E-state index is 0.0203. The van der Waals surface area contributed by atoms with E-state index in [0.717, 1.165) is 56.2 Å². The maximum absolute atomic E-state index is 4.84. The van der Waals surface area contributed by atoms with Crippen LogP contribution in [0.3, 0.4) is 0 Å². The Morgan fingerprint density at radius 2 is 1.88 bits per heavy atom. The van der Waals surface area contributed by atoms with Crippen molar-refractivity contribution in [1.29, 1.82) is 0 Å². The third-order valence-corrected chi connectivity index (χ3v) is 5.24. The molecule has 0 atom stereocenters. The van der Waals surface area contributed by atoms with Crippen LogP contribution < -0.4 is 0 Å². The zero-order chi connectivity index (χ0) is 18.1. The monoisotopic (exact) mass is 353 g/mol. The second-order valence-corrected chi connectivity index (χ2v) is 8.21. The number of nitrogens with zero attached hydrogens (tertiary/aromatic N) is 7. The Kier molecular flexibility index (Phi) is 4.48. The highest BCUT2D eigenvalue weighted by Crippen LogP contribution is 2.27. The smallest absolute Gasteiger partial charge is 0.177 e. The number of rotatable bonds is 4. The van der Waals surface area contributed by atoms with Crippen molar-refractivity contribution in [2.45, 2.75) is 51.5 Å². The van der Waals surface area contributed by atoms with E-state index in [-0.39, 0.29) is 5.41 Å². The minimum absolute atomic E-state index is 0.0203. The summed E-state index contributed by atoms with van der Waals surface area (Å²) in [6, 6.07) is 4.09. The lowest BCUT2D eigenvalue weighted by Crippen LogP contribution is -2.35. The lowest BCUT2D eigenvalue weighted by atomic mass is 9.92. The highest BCUT2D eigenvalue weighted by atomic mass is 15.4. The molecule has 7 heteroatoms. The molecule has 0 aromatic carbocycles. The molecule has 138 valence electrons. The Bertz CT molecular complexity index is 852.